The van der Waals surface area contributed by atoms with Crippen molar-refractivity contribution in [1.82, 2.24) is 0 Å². The van der Waals surface area contributed by atoms with Crippen LogP contribution in [0.3, 0.4) is 0 Å². The second-order valence-corrected chi connectivity index (χ2v) is 12.1. The molecule has 0 bridgehead atoms. The fourth-order valence-corrected chi connectivity index (χ4v) is 3.71. The van der Waals surface area contributed by atoms with E-state index in [2.05, 4.69) is 76.8 Å². The number of benzene rings is 2. The first-order valence-electron chi connectivity index (χ1n) is 17.0. The maximum atomic E-state index is 11.7. The Morgan fingerprint density at radius 3 is 1.70 bits per heavy atom. The molecule has 46 heavy (non-hydrogen) atoms. The van der Waals surface area contributed by atoms with Gasteiger partial charge in [-0.05, 0) is 90.0 Å². The Morgan fingerprint density at radius 2 is 1.28 bits per heavy atom. The number of hydrogen-bond donors (Lipinski definition) is 0. The fourth-order valence-electron chi connectivity index (χ4n) is 3.58. The molecule has 0 aliphatic carbocycles. The first kappa shape index (κ1) is 47.4. The van der Waals surface area contributed by atoms with Gasteiger partial charge in [0.1, 0.15) is 17.3 Å². The molecular formula is C42H65ClO3. The molecule has 2 rings (SSSR count). The number of aryl methyl sites for hydroxylation is 2. The van der Waals surface area contributed by atoms with Crippen LogP contribution in [0.1, 0.15) is 132 Å². The van der Waals surface area contributed by atoms with Gasteiger partial charge in [0.2, 0.25) is 0 Å². The third-order valence-corrected chi connectivity index (χ3v) is 6.90. The number of Topliss-reactive ketones (excluding diaryl/α,β-unsaturated/α-hetero) is 3. The number of carbonyl (C=O) groups excluding carboxylic acids is 3. The van der Waals surface area contributed by atoms with E-state index in [1.54, 1.807) is 6.92 Å². The lowest BCUT2D eigenvalue weighted by Gasteiger charge is -2.08. The van der Waals surface area contributed by atoms with E-state index in [4.69, 9.17) is 11.6 Å². The van der Waals surface area contributed by atoms with Gasteiger partial charge in [0.05, 0.1) is 0 Å². The van der Waals surface area contributed by atoms with Crippen molar-refractivity contribution >= 4 is 29.0 Å². The maximum absolute atomic E-state index is 11.7. The summed E-state index contributed by atoms with van der Waals surface area (Å²) < 4.78 is 0. The van der Waals surface area contributed by atoms with Crippen LogP contribution in [0.2, 0.25) is 5.02 Å². The quantitative estimate of drug-likeness (QED) is 0.151. The fraction of sp³-hybridized carbons (Fsp3) is 0.500. The normalized spacial score (nSPS) is 10.8. The van der Waals surface area contributed by atoms with Gasteiger partial charge < -0.3 is 9.59 Å². The number of allylic oxidation sites excluding steroid dienone is 5. The maximum Gasteiger partial charge on any atom is 0.136 e. The van der Waals surface area contributed by atoms with E-state index in [-0.39, 0.29) is 23.3 Å². The smallest absolute Gasteiger partial charge is 0.136 e. The van der Waals surface area contributed by atoms with Crippen LogP contribution in [0.15, 0.2) is 90.6 Å². The third kappa shape index (κ3) is 35.4. The predicted molar refractivity (Wildman–Crippen MR) is 204 cm³/mol. The molecule has 0 aliphatic rings. The first-order chi connectivity index (χ1) is 21.8. The zero-order valence-corrected chi connectivity index (χ0v) is 31.6. The number of carbonyl (C=O) groups is 3. The summed E-state index contributed by atoms with van der Waals surface area (Å²) in [6.45, 7) is 23.2. The van der Waals surface area contributed by atoms with Crippen LogP contribution in [-0.4, -0.2) is 17.3 Å². The Balaban J connectivity index is -0.000000548. The van der Waals surface area contributed by atoms with Crippen LogP contribution in [0, 0.1) is 5.92 Å². The summed E-state index contributed by atoms with van der Waals surface area (Å²) in [5, 5.41) is 0.819. The van der Waals surface area contributed by atoms with Crippen molar-refractivity contribution in [2.75, 3.05) is 0 Å². The molecule has 0 amide bonds. The molecule has 3 nitrogen and oxygen atoms in total. The molecule has 1 atom stereocenters. The van der Waals surface area contributed by atoms with Crippen LogP contribution >= 0.6 is 11.6 Å². The Bertz CT molecular complexity index is 1100. The van der Waals surface area contributed by atoms with Crippen LogP contribution in [0.25, 0.3) is 0 Å². The van der Waals surface area contributed by atoms with Crippen molar-refractivity contribution in [1.29, 1.82) is 0 Å². The van der Waals surface area contributed by atoms with Crippen LogP contribution in [0.4, 0.5) is 0 Å². The molecule has 0 aromatic heterocycles. The molecule has 0 heterocycles. The Hall–Kier alpha value is -3.04. The van der Waals surface area contributed by atoms with Crippen molar-refractivity contribution in [3.63, 3.8) is 0 Å². The van der Waals surface area contributed by atoms with E-state index in [9.17, 15) is 14.4 Å². The highest BCUT2D eigenvalue weighted by Gasteiger charge is 2.14. The minimum absolute atomic E-state index is 0.0916. The summed E-state index contributed by atoms with van der Waals surface area (Å²) in [6.07, 6.45) is 15.7. The molecule has 2 aromatic carbocycles. The molecule has 258 valence electrons. The van der Waals surface area contributed by atoms with Crippen LogP contribution < -0.4 is 0 Å². The zero-order chi connectivity index (χ0) is 35.8. The van der Waals surface area contributed by atoms with Gasteiger partial charge in [-0.1, -0.05) is 131 Å². The molecule has 0 fully saturated rings. The topological polar surface area (TPSA) is 51.2 Å². The van der Waals surface area contributed by atoms with Gasteiger partial charge in [-0.2, -0.15) is 0 Å². The summed E-state index contributed by atoms with van der Waals surface area (Å²) in [4.78, 5) is 32.4. The standard InChI is InChI=1S/C15H20O2.C9H11Cl.C9H16.C5H10.C4H8O/c1-12(11-13(2)16)15(17)10-6-9-14-7-4-3-5-8-14;1-2-3-8-4-6-9(10)7-5-8;1-4-6-8-9(3)7-5-2;1-4-5(2)3;1-3-4(2)5/h3-5,7-8,12H,6,9-11H2,1-2H3;4-7H,2-3H2,1H3;4,6,8H,5,7H2,1-3H3;2,4H2,1,3H3;3H2,1-2H3/b;;6-4-,9-8+;;. The summed E-state index contributed by atoms with van der Waals surface area (Å²) in [6, 6.07) is 18.2. The van der Waals surface area contributed by atoms with Gasteiger partial charge in [-0.3, -0.25) is 4.79 Å². The minimum atomic E-state index is -0.122. The molecule has 1 unspecified atom stereocenters. The van der Waals surface area contributed by atoms with E-state index in [1.165, 1.54) is 48.5 Å². The molecule has 4 heteroatoms. The highest BCUT2D eigenvalue weighted by molar-refractivity contribution is 6.30. The highest BCUT2D eigenvalue weighted by Crippen LogP contribution is 2.12. The van der Waals surface area contributed by atoms with Gasteiger partial charge in [0.25, 0.3) is 0 Å². The molecule has 0 saturated heterocycles. The highest BCUT2D eigenvalue weighted by atomic mass is 35.5. The molecule has 0 saturated carbocycles. The van der Waals surface area contributed by atoms with E-state index < -0.39 is 0 Å². The van der Waals surface area contributed by atoms with Crippen LogP contribution in [-0.2, 0) is 27.2 Å². The van der Waals surface area contributed by atoms with E-state index >= 15 is 0 Å². The average Bonchev–Trinajstić information content (AvgIpc) is 3.02. The third-order valence-electron chi connectivity index (χ3n) is 6.65. The van der Waals surface area contributed by atoms with Gasteiger partial charge in [-0.25, -0.2) is 0 Å². The summed E-state index contributed by atoms with van der Waals surface area (Å²) in [5.41, 5.74) is 5.35. The minimum Gasteiger partial charge on any atom is -0.300 e. The second kappa shape index (κ2) is 33.3. The molecule has 2 aromatic rings. The molecule has 0 radical (unpaired) electrons. The van der Waals surface area contributed by atoms with E-state index in [1.807, 2.05) is 58.0 Å². The zero-order valence-electron chi connectivity index (χ0n) is 30.9. The lowest BCUT2D eigenvalue weighted by Crippen LogP contribution is -2.14. The average molecular weight is 653 g/mol. The number of hydrogen-bond acceptors (Lipinski definition) is 3. The van der Waals surface area contributed by atoms with Gasteiger partial charge in [0, 0.05) is 30.2 Å². The van der Waals surface area contributed by atoms with Gasteiger partial charge >= 0.3 is 0 Å². The molecule has 0 spiro atoms. The molecule has 0 aliphatic heterocycles. The number of ketones is 3. The largest absolute Gasteiger partial charge is 0.300 e. The van der Waals surface area contributed by atoms with Crippen molar-refractivity contribution in [3.05, 3.63) is 107 Å². The Labute approximate surface area is 288 Å². The Kier molecular flexibility index (Phi) is 34.3. The first-order valence-corrected chi connectivity index (χ1v) is 17.4. The summed E-state index contributed by atoms with van der Waals surface area (Å²) in [7, 11) is 0. The van der Waals surface area contributed by atoms with E-state index in [0.29, 0.717) is 19.3 Å². The predicted octanol–water partition coefficient (Wildman–Crippen LogP) is 12.8. The van der Waals surface area contributed by atoms with Crippen molar-refractivity contribution in [2.45, 2.75) is 133 Å². The second-order valence-electron chi connectivity index (χ2n) is 11.6. The molecular weight excluding hydrogens is 588 g/mol. The Morgan fingerprint density at radius 1 is 0.761 bits per heavy atom. The van der Waals surface area contributed by atoms with Crippen molar-refractivity contribution < 1.29 is 14.4 Å². The monoisotopic (exact) mass is 652 g/mol. The van der Waals surface area contributed by atoms with Crippen LogP contribution in [0.5, 0.6) is 0 Å². The summed E-state index contributed by atoms with van der Waals surface area (Å²) >= 11 is 5.71. The molecule has 0 N–H and O–H groups in total. The van der Waals surface area contributed by atoms with E-state index in [0.717, 1.165) is 30.7 Å². The van der Waals surface area contributed by atoms with Crippen molar-refractivity contribution in [2.24, 2.45) is 5.92 Å². The SMILES string of the molecule is C/C=C\C=C(/C)CCC.C=C(C)CC.CC(=O)CC(C)C(=O)CCCc1ccccc1.CCC(C)=O.CCCc1ccc(Cl)cc1. The van der Waals surface area contributed by atoms with Gasteiger partial charge in [0.15, 0.2) is 0 Å². The summed E-state index contributed by atoms with van der Waals surface area (Å²) in [5.74, 6) is 0.429. The number of rotatable bonds is 14. The van der Waals surface area contributed by atoms with Gasteiger partial charge in [-0.15, -0.1) is 6.58 Å². The number of halogens is 1. The lowest BCUT2D eigenvalue weighted by atomic mass is 9.96. The lowest BCUT2D eigenvalue weighted by molar-refractivity contribution is -0.126. The van der Waals surface area contributed by atoms with Crippen molar-refractivity contribution in [3.8, 4) is 0 Å².